The van der Waals surface area contributed by atoms with Gasteiger partial charge in [-0.15, -0.1) is 0 Å². The summed E-state index contributed by atoms with van der Waals surface area (Å²) in [5, 5.41) is 13.3. The molecule has 0 unspecified atom stereocenters. The number of benzene rings is 1. The van der Waals surface area contributed by atoms with Crippen LogP contribution in [0.5, 0.6) is 0 Å². The summed E-state index contributed by atoms with van der Waals surface area (Å²) in [7, 11) is 1.16. The number of rotatable bonds is 7. The zero-order chi connectivity index (χ0) is 20.9. The van der Waals surface area contributed by atoms with E-state index < -0.39 is 40.8 Å². The van der Waals surface area contributed by atoms with Crippen molar-refractivity contribution in [3.63, 3.8) is 0 Å². The molecule has 2 aromatic rings. The van der Waals surface area contributed by atoms with Crippen molar-refractivity contribution in [1.82, 2.24) is 0 Å². The first-order valence-corrected chi connectivity index (χ1v) is 7.54. The molecule has 28 heavy (non-hydrogen) atoms. The van der Waals surface area contributed by atoms with E-state index in [9.17, 15) is 32.9 Å². The monoisotopic (exact) mass is 402 g/mol. The average molecular weight is 402 g/mol. The molecule has 2 rings (SSSR count). The minimum absolute atomic E-state index is 0.0907. The van der Waals surface area contributed by atoms with Gasteiger partial charge < -0.3 is 19.2 Å². The fourth-order valence-electron chi connectivity index (χ4n) is 2.04. The molecule has 12 heteroatoms. The Morgan fingerprint density at radius 2 is 1.96 bits per heavy atom. The number of furan rings is 1. The molecule has 0 atom stereocenters. The molecular formula is C16H13F3N2O7. The number of ether oxygens (including phenoxy) is 2. The fourth-order valence-corrected chi connectivity index (χ4v) is 2.04. The molecule has 9 nitrogen and oxygen atoms in total. The van der Waals surface area contributed by atoms with Crippen LogP contribution in [0.2, 0.25) is 0 Å². The van der Waals surface area contributed by atoms with Crippen molar-refractivity contribution in [3.8, 4) is 0 Å². The van der Waals surface area contributed by atoms with Gasteiger partial charge in [0, 0.05) is 6.07 Å². The molecule has 1 aromatic heterocycles. The average Bonchev–Trinajstić information content (AvgIpc) is 3.12. The smallest absolute Gasteiger partial charge is 0.416 e. The Kier molecular flexibility index (Phi) is 6.23. The Hall–Kier alpha value is -3.57. The first-order valence-electron chi connectivity index (χ1n) is 7.54. The number of carbonyl (C=O) groups excluding carboxylic acids is 2. The lowest BCUT2D eigenvalue weighted by Gasteiger charge is -2.10. The van der Waals surface area contributed by atoms with Gasteiger partial charge in [0.1, 0.15) is 24.6 Å². The van der Waals surface area contributed by atoms with Crippen LogP contribution < -0.4 is 5.32 Å². The minimum atomic E-state index is -4.74. The Morgan fingerprint density at radius 1 is 1.25 bits per heavy atom. The highest BCUT2D eigenvalue weighted by molar-refractivity contribution is 5.86. The van der Waals surface area contributed by atoms with Crippen LogP contribution in [0, 0.1) is 10.1 Å². The highest BCUT2D eigenvalue weighted by Gasteiger charge is 2.33. The fraction of sp³-hybridized carbons (Fsp3) is 0.250. The van der Waals surface area contributed by atoms with Crippen LogP contribution in [-0.2, 0) is 27.1 Å². The summed E-state index contributed by atoms with van der Waals surface area (Å²) >= 11 is 0. The quantitative estimate of drug-likeness (QED) is 0.426. The molecule has 0 aliphatic heterocycles. The number of esters is 2. The van der Waals surface area contributed by atoms with Crippen molar-refractivity contribution < 1.29 is 41.6 Å². The zero-order valence-corrected chi connectivity index (χ0v) is 14.2. The van der Waals surface area contributed by atoms with E-state index in [1.807, 2.05) is 0 Å². The van der Waals surface area contributed by atoms with Crippen LogP contribution >= 0.6 is 0 Å². The van der Waals surface area contributed by atoms with E-state index in [-0.39, 0.29) is 23.8 Å². The number of nitrogens with one attached hydrogen (secondary N) is 1. The molecule has 1 N–H and O–H groups in total. The summed E-state index contributed by atoms with van der Waals surface area (Å²) in [6.45, 7) is -0.872. The summed E-state index contributed by atoms with van der Waals surface area (Å²) in [5.41, 5.74) is -2.30. The largest absolute Gasteiger partial charge is 0.463 e. The molecule has 0 amide bonds. The molecular weight excluding hydrogens is 389 g/mol. The molecule has 0 spiro atoms. The van der Waals surface area contributed by atoms with Crippen molar-refractivity contribution >= 4 is 23.3 Å². The number of methoxy groups -OCH3 is 1. The maximum Gasteiger partial charge on any atom is 0.416 e. The van der Waals surface area contributed by atoms with Gasteiger partial charge in [0.2, 0.25) is 5.76 Å². The Balaban J connectivity index is 1.96. The normalized spacial score (nSPS) is 11.0. The molecule has 0 bridgehead atoms. The zero-order valence-electron chi connectivity index (χ0n) is 14.2. The lowest BCUT2D eigenvalue weighted by molar-refractivity contribution is -0.384. The van der Waals surface area contributed by atoms with Crippen molar-refractivity contribution in [1.29, 1.82) is 0 Å². The Morgan fingerprint density at radius 3 is 2.57 bits per heavy atom. The highest BCUT2D eigenvalue weighted by atomic mass is 19.4. The third kappa shape index (κ3) is 5.22. The summed E-state index contributed by atoms with van der Waals surface area (Å²) in [5.74, 6) is -1.51. The van der Waals surface area contributed by atoms with Gasteiger partial charge in [0.25, 0.3) is 5.69 Å². The van der Waals surface area contributed by atoms with Crippen molar-refractivity contribution in [2.45, 2.75) is 12.8 Å². The first kappa shape index (κ1) is 20.7. The third-order valence-electron chi connectivity index (χ3n) is 3.37. The van der Waals surface area contributed by atoms with Gasteiger partial charge in [0.05, 0.1) is 17.6 Å². The number of hydrogen-bond donors (Lipinski definition) is 1. The van der Waals surface area contributed by atoms with E-state index in [4.69, 9.17) is 9.15 Å². The van der Waals surface area contributed by atoms with E-state index >= 15 is 0 Å². The highest BCUT2D eigenvalue weighted by Crippen LogP contribution is 2.34. The second kappa shape index (κ2) is 8.41. The van der Waals surface area contributed by atoms with Crippen LogP contribution in [0.4, 0.5) is 24.5 Å². The summed E-state index contributed by atoms with van der Waals surface area (Å²) < 4.78 is 52.4. The second-order valence-electron chi connectivity index (χ2n) is 5.26. The Bertz CT molecular complexity index is 893. The van der Waals surface area contributed by atoms with Gasteiger partial charge in [0.15, 0.2) is 0 Å². The van der Waals surface area contributed by atoms with E-state index in [2.05, 4.69) is 10.1 Å². The lowest BCUT2D eigenvalue weighted by Crippen LogP contribution is -2.17. The number of hydrogen-bond acceptors (Lipinski definition) is 8. The lowest BCUT2D eigenvalue weighted by atomic mass is 10.1. The summed E-state index contributed by atoms with van der Waals surface area (Å²) in [6, 6.07) is 4.57. The number of nitrogens with zero attached hydrogens (tertiary/aromatic N) is 1. The number of halogens is 3. The van der Waals surface area contributed by atoms with Gasteiger partial charge in [-0.2, -0.15) is 13.2 Å². The molecule has 0 saturated heterocycles. The molecule has 0 fully saturated rings. The maximum absolute atomic E-state index is 12.7. The predicted octanol–water partition coefficient (Wildman–Crippen LogP) is 3.15. The van der Waals surface area contributed by atoms with Crippen molar-refractivity contribution in [2.24, 2.45) is 0 Å². The van der Waals surface area contributed by atoms with Crippen LogP contribution in [0.25, 0.3) is 0 Å². The molecule has 0 radical (unpaired) electrons. The van der Waals surface area contributed by atoms with E-state index in [1.54, 1.807) is 0 Å². The van der Waals surface area contributed by atoms with Gasteiger partial charge >= 0.3 is 18.1 Å². The van der Waals surface area contributed by atoms with Crippen molar-refractivity contribution in [2.75, 3.05) is 19.0 Å². The third-order valence-corrected chi connectivity index (χ3v) is 3.37. The first-order chi connectivity index (χ1) is 13.1. The van der Waals surface area contributed by atoms with Crippen molar-refractivity contribution in [3.05, 3.63) is 57.5 Å². The number of carbonyl (C=O) groups is 2. The predicted molar refractivity (Wildman–Crippen MR) is 86.4 cm³/mol. The van der Waals surface area contributed by atoms with Gasteiger partial charge in [-0.25, -0.2) is 4.79 Å². The Labute approximate surface area is 155 Å². The number of anilines is 1. The number of nitro groups is 1. The van der Waals surface area contributed by atoms with Gasteiger partial charge in [-0.1, -0.05) is 0 Å². The van der Waals surface area contributed by atoms with Crippen LogP contribution in [0.1, 0.15) is 21.9 Å². The standard InChI is InChI=1S/C16H13F3N2O7/c1-26-15(23)13-5-3-10(28-13)8-27-14(22)7-20-11-4-2-9(16(17,18)19)6-12(11)21(24)25/h2-6,20H,7-8H2,1H3. The summed E-state index contributed by atoms with van der Waals surface area (Å²) in [6.07, 6.45) is -4.74. The van der Waals surface area contributed by atoms with E-state index in [1.165, 1.54) is 12.1 Å². The van der Waals surface area contributed by atoms with E-state index in [0.29, 0.717) is 12.1 Å². The number of nitro benzene ring substituents is 1. The molecule has 150 valence electrons. The van der Waals surface area contributed by atoms with Gasteiger partial charge in [-0.05, 0) is 24.3 Å². The molecule has 1 heterocycles. The molecule has 0 saturated carbocycles. The maximum atomic E-state index is 12.7. The minimum Gasteiger partial charge on any atom is -0.463 e. The van der Waals surface area contributed by atoms with Gasteiger partial charge in [-0.3, -0.25) is 14.9 Å². The molecule has 1 aromatic carbocycles. The molecule has 0 aliphatic rings. The SMILES string of the molecule is COC(=O)c1ccc(COC(=O)CNc2ccc(C(F)(F)F)cc2[N+](=O)[O-])o1. The topological polar surface area (TPSA) is 121 Å². The van der Waals surface area contributed by atoms with Crippen LogP contribution in [0.15, 0.2) is 34.7 Å². The van der Waals surface area contributed by atoms with Crippen LogP contribution in [-0.4, -0.2) is 30.5 Å². The molecule has 0 aliphatic carbocycles. The van der Waals surface area contributed by atoms with Crippen LogP contribution in [0.3, 0.4) is 0 Å². The van der Waals surface area contributed by atoms with E-state index in [0.717, 1.165) is 13.2 Å². The number of alkyl halides is 3. The summed E-state index contributed by atoms with van der Waals surface area (Å²) in [4.78, 5) is 32.9. The second-order valence-corrected chi connectivity index (χ2v) is 5.26.